The van der Waals surface area contributed by atoms with E-state index in [1.165, 1.54) is 0 Å². The molecule has 0 saturated carbocycles. The van der Waals surface area contributed by atoms with Gasteiger partial charge in [-0.25, -0.2) is 0 Å². The molecule has 4 atom stereocenters. The topological polar surface area (TPSA) is 325 Å². The van der Waals surface area contributed by atoms with E-state index in [-0.39, 0.29) is 63.6 Å². The Morgan fingerprint density at radius 2 is 1.45 bits per heavy atom. The third-order valence-corrected chi connectivity index (χ3v) is 7.55. The van der Waals surface area contributed by atoms with Gasteiger partial charge >= 0.3 is 5.97 Å². The number of nitrogens with two attached hydrogens (primary N) is 2. The second kappa shape index (κ2) is 22.7. The number of hydrogen-bond acceptors (Lipinski definition) is 9. The molecule has 2 rings (SSSR count). The number of azide groups is 1. The maximum Gasteiger partial charge on any atom is 0.305 e. The number of carboxylic acids is 1. The minimum atomic E-state index is -1.59. The van der Waals surface area contributed by atoms with Gasteiger partial charge in [0.15, 0.2) is 5.96 Å². The van der Waals surface area contributed by atoms with Crippen LogP contribution in [0, 0.1) is 0 Å². The van der Waals surface area contributed by atoms with Crippen LogP contribution in [-0.4, -0.2) is 103 Å². The summed E-state index contributed by atoms with van der Waals surface area (Å²) in [5.74, 6) is -5.91. The van der Waals surface area contributed by atoms with Crippen LogP contribution >= 0.6 is 0 Å². The van der Waals surface area contributed by atoms with Crippen LogP contribution in [0.25, 0.3) is 10.4 Å². The zero-order chi connectivity index (χ0) is 37.6. The van der Waals surface area contributed by atoms with E-state index >= 15 is 0 Å². The summed E-state index contributed by atoms with van der Waals surface area (Å²) in [5, 5.41) is 28.0. The van der Waals surface area contributed by atoms with Crippen molar-refractivity contribution in [3.63, 3.8) is 0 Å². The van der Waals surface area contributed by atoms with Crippen LogP contribution < -0.4 is 43.4 Å². The van der Waals surface area contributed by atoms with Gasteiger partial charge in [-0.05, 0) is 49.6 Å². The van der Waals surface area contributed by atoms with E-state index in [4.69, 9.17) is 17.0 Å². The van der Waals surface area contributed by atoms with Gasteiger partial charge in [0.2, 0.25) is 35.4 Å². The summed E-state index contributed by atoms with van der Waals surface area (Å²) >= 11 is 0. The first-order chi connectivity index (χ1) is 24.4. The van der Waals surface area contributed by atoms with Crippen molar-refractivity contribution in [1.29, 1.82) is 0 Å². The minimum Gasteiger partial charge on any atom is -0.481 e. The van der Waals surface area contributed by atoms with Crippen molar-refractivity contribution >= 4 is 47.4 Å². The van der Waals surface area contributed by atoms with Gasteiger partial charge in [0.1, 0.15) is 24.2 Å². The highest BCUT2D eigenvalue weighted by Gasteiger charge is 2.33. The van der Waals surface area contributed by atoms with Crippen molar-refractivity contribution in [2.24, 2.45) is 21.6 Å². The van der Waals surface area contributed by atoms with Gasteiger partial charge in [0, 0.05) is 37.4 Å². The molecule has 11 N–H and O–H groups in total. The number of nitrogens with zero attached hydrogens (tertiary/aromatic N) is 4. The summed E-state index contributed by atoms with van der Waals surface area (Å²) in [6, 6.07) is 3.34. The standard InChI is InChI=1S/C31H46N12O8/c32-31(33)36-14-6-11-20-27(48)37-18-25(45)39-23(17-26(46)47)30(51)42-22(16-19-8-2-1-3-9-19)29(50)41-21(28(49)40-20)10-4-5-13-35-24(44)12-7-15-38-43-34/h1-3,8-9,20-23H,4-7,10-18H2,(H,35,44)(H,37,48)(H,39,45)(H,40,49)(H,41,50)(H,42,51)(H,46,47)(H4,32,33,36)/t20-,21-,22-,23-/m0/s1. The molecule has 0 unspecified atom stereocenters. The van der Waals surface area contributed by atoms with Gasteiger partial charge in [-0.3, -0.25) is 38.6 Å². The molecule has 0 bridgehead atoms. The third kappa shape index (κ3) is 16.8. The van der Waals surface area contributed by atoms with Crippen molar-refractivity contribution in [3.05, 3.63) is 46.3 Å². The second-order valence-corrected chi connectivity index (χ2v) is 11.7. The molecule has 0 spiro atoms. The van der Waals surface area contributed by atoms with Crippen molar-refractivity contribution in [2.45, 2.75) is 82.0 Å². The largest absolute Gasteiger partial charge is 0.481 e. The van der Waals surface area contributed by atoms with Crippen LogP contribution in [0.4, 0.5) is 0 Å². The molecular weight excluding hydrogens is 668 g/mol. The number of hydrogen-bond donors (Lipinski definition) is 9. The molecule has 0 radical (unpaired) electrons. The molecule has 1 fully saturated rings. The normalized spacial score (nSPS) is 20.0. The van der Waals surface area contributed by atoms with Gasteiger partial charge in [0.25, 0.3) is 0 Å². The predicted molar refractivity (Wildman–Crippen MR) is 183 cm³/mol. The summed E-state index contributed by atoms with van der Waals surface area (Å²) < 4.78 is 0. The van der Waals surface area contributed by atoms with E-state index in [1.54, 1.807) is 30.3 Å². The van der Waals surface area contributed by atoms with E-state index in [2.05, 4.69) is 46.9 Å². The van der Waals surface area contributed by atoms with Gasteiger partial charge in [-0.1, -0.05) is 35.4 Å². The third-order valence-electron chi connectivity index (χ3n) is 7.55. The van der Waals surface area contributed by atoms with E-state index in [0.29, 0.717) is 24.8 Å². The van der Waals surface area contributed by atoms with E-state index in [1.807, 2.05) is 0 Å². The summed E-state index contributed by atoms with van der Waals surface area (Å²) in [6.45, 7) is -0.0663. The number of nitrogens with one attached hydrogen (secondary N) is 6. The Morgan fingerprint density at radius 3 is 2.12 bits per heavy atom. The monoisotopic (exact) mass is 714 g/mol. The quantitative estimate of drug-likeness (QED) is 0.0218. The Hall–Kier alpha value is -5.91. The molecule has 278 valence electrons. The lowest BCUT2D eigenvalue weighted by atomic mass is 10.0. The van der Waals surface area contributed by atoms with Crippen LogP contribution in [0.5, 0.6) is 0 Å². The summed E-state index contributed by atoms with van der Waals surface area (Å²) in [4.78, 5) is 96.9. The first-order valence-electron chi connectivity index (χ1n) is 16.5. The van der Waals surface area contributed by atoms with Crippen LogP contribution in [0.2, 0.25) is 0 Å². The average Bonchev–Trinajstić information content (AvgIpc) is 3.08. The van der Waals surface area contributed by atoms with E-state index < -0.39 is 72.6 Å². The number of aliphatic imine (C=N–C) groups is 1. The van der Waals surface area contributed by atoms with Crippen LogP contribution in [0.15, 0.2) is 40.4 Å². The molecule has 1 aliphatic rings. The highest BCUT2D eigenvalue weighted by atomic mass is 16.4. The molecule has 0 aromatic heterocycles. The number of benzene rings is 1. The minimum absolute atomic E-state index is 0.0420. The summed E-state index contributed by atoms with van der Waals surface area (Å²) in [5.41, 5.74) is 19.8. The van der Waals surface area contributed by atoms with Gasteiger partial charge in [-0.2, -0.15) is 0 Å². The fourth-order valence-electron chi connectivity index (χ4n) is 4.98. The maximum absolute atomic E-state index is 13.8. The molecule has 1 aromatic carbocycles. The van der Waals surface area contributed by atoms with Crippen molar-refractivity contribution in [2.75, 3.05) is 26.2 Å². The van der Waals surface area contributed by atoms with E-state index in [9.17, 15) is 38.7 Å². The zero-order valence-electron chi connectivity index (χ0n) is 28.1. The molecule has 6 amide bonds. The predicted octanol–water partition coefficient (Wildman–Crippen LogP) is -1.80. The lowest BCUT2D eigenvalue weighted by Crippen LogP contribution is -2.58. The molecule has 1 aromatic rings. The number of amides is 6. The fraction of sp³-hybridized carbons (Fsp3) is 0.548. The molecule has 51 heavy (non-hydrogen) atoms. The number of rotatable bonds is 17. The van der Waals surface area contributed by atoms with E-state index in [0.717, 1.165) is 0 Å². The summed E-state index contributed by atoms with van der Waals surface area (Å²) in [6.07, 6.45) is 0.807. The average molecular weight is 715 g/mol. The zero-order valence-corrected chi connectivity index (χ0v) is 28.1. The first kappa shape index (κ1) is 41.3. The molecule has 20 nitrogen and oxygen atoms in total. The Bertz CT molecular complexity index is 1450. The number of carbonyl (C=O) groups is 7. The number of unbranched alkanes of at least 4 members (excludes halogenated alkanes) is 1. The number of aliphatic carboxylic acids is 1. The highest BCUT2D eigenvalue weighted by molar-refractivity contribution is 5.98. The Labute approximate surface area is 293 Å². The smallest absolute Gasteiger partial charge is 0.305 e. The van der Waals surface area contributed by atoms with Crippen LogP contribution in [0.3, 0.4) is 0 Å². The SMILES string of the molecule is [N-]=[N+]=NCCCC(=O)NCCCC[C@@H]1NC(=O)[C@H](Cc2ccccc2)NC(=O)[C@H](CC(=O)O)NC(=O)CNC(=O)[C@H](CCCN=C(N)N)NC1=O. The molecular formula is C31H46N12O8. The lowest BCUT2D eigenvalue weighted by molar-refractivity contribution is -0.141. The van der Waals surface area contributed by atoms with Gasteiger partial charge in [0.05, 0.1) is 13.0 Å². The van der Waals surface area contributed by atoms with Crippen LogP contribution in [0.1, 0.15) is 56.9 Å². The van der Waals surface area contributed by atoms with Crippen molar-refractivity contribution < 1.29 is 38.7 Å². The first-order valence-corrected chi connectivity index (χ1v) is 16.5. The maximum atomic E-state index is 13.8. The van der Waals surface area contributed by atoms with Gasteiger partial charge in [-0.15, -0.1) is 0 Å². The Morgan fingerprint density at radius 1 is 0.824 bits per heavy atom. The molecule has 1 heterocycles. The Kier molecular flexibility index (Phi) is 18.3. The lowest BCUT2D eigenvalue weighted by Gasteiger charge is -2.26. The fourth-order valence-corrected chi connectivity index (χ4v) is 4.98. The van der Waals surface area contributed by atoms with Crippen LogP contribution in [-0.2, 0) is 40.0 Å². The molecule has 1 aliphatic heterocycles. The van der Waals surface area contributed by atoms with Crippen molar-refractivity contribution in [3.8, 4) is 0 Å². The van der Waals surface area contributed by atoms with Crippen molar-refractivity contribution in [1.82, 2.24) is 31.9 Å². The summed E-state index contributed by atoms with van der Waals surface area (Å²) in [7, 11) is 0. The highest BCUT2D eigenvalue weighted by Crippen LogP contribution is 2.09. The molecule has 0 aliphatic carbocycles. The molecule has 1 saturated heterocycles. The number of carboxylic acid groups (broad SMARTS) is 1. The molecule has 20 heteroatoms. The van der Waals surface area contributed by atoms with Gasteiger partial charge < -0.3 is 48.5 Å². The second-order valence-electron chi connectivity index (χ2n) is 11.7. The number of guanidine groups is 1. The Balaban J connectivity index is 2.35. The number of carbonyl (C=O) groups excluding carboxylic acids is 6.